The van der Waals surface area contributed by atoms with Gasteiger partial charge in [0, 0.05) is 17.8 Å². The number of rotatable bonds is 9. The number of benzene rings is 2. The molecule has 1 amide bonds. The van der Waals surface area contributed by atoms with Gasteiger partial charge in [0.25, 0.3) is 10.0 Å². The standard InChI is InChI=1S/C19H24N2O3S/c1-2-3-4-8-11-19(22)20-16-12-14-18(15-13-16)25(23,24)21-17-9-6-5-7-10-17/h5-7,9-10,12-15,21H,2-4,8,11H2,1H3,(H,20,22). The SMILES string of the molecule is CCCCCCC(=O)Nc1ccc(S(=O)(=O)Nc2ccccc2)cc1. The summed E-state index contributed by atoms with van der Waals surface area (Å²) >= 11 is 0. The molecule has 0 saturated carbocycles. The number of carbonyl (C=O) groups excluding carboxylic acids is 1. The lowest BCUT2D eigenvalue weighted by Gasteiger charge is -2.09. The summed E-state index contributed by atoms with van der Waals surface area (Å²) in [6.45, 7) is 2.13. The van der Waals surface area contributed by atoms with Crippen molar-refractivity contribution in [3.8, 4) is 0 Å². The quantitative estimate of drug-likeness (QED) is 0.651. The molecule has 0 aliphatic heterocycles. The number of anilines is 2. The van der Waals surface area contributed by atoms with Crippen LogP contribution < -0.4 is 10.0 Å². The van der Waals surface area contributed by atoms with Crippen LogP contribution in [0.4, 0.5) is 11.4 Å². The zero-order valence-corrected chi connectivity index (χ0v) is 15.2. The zero-order valence-electron chi connectivity index (χ0n) is 14.4. The van der Waals surface area contributed by atoms with E-state index in [2.05, 4.69) is 17.0 Å². The van der Waals surface area contributed by atoms with Crippen molar-refractivity contribution in [1.82, 2.24) is 0 Å². The highest BCUT2D eigenvalue weighted by Crippen LogP contribution is 2.18. The topological polar surface area (TPSA) is 75.3 Å². The van der Waals surface area contributed by atoms with E-state index < -0.39 is 10.0 Å². The van der Waals surface area contributed by atoms with Gasteiger partial charge in [-0.1, -0.05) is 44.4 Å². The van der Waals surface area contributed by atoms with Crippen LogP contribution in [0.1, 0.15) is 39.0 Å². The Bertz CT molecular complexity index is 772. The van der Waals surface area contributed by atoms with E-state index in [1.165, 1.54) is 12.1 Å². The van der Waals surface area contributed by atoms with Gasteiger partial charge in [0.2, 0.25) is 5.91 Å². The first-order valence-electron chi connectivity index (χ1n) is 8.49. The number of unbranched alkanes of at least 4 members (excludes halogenated alkanes) is 3. The lowest BCUT2D eigenvalue weighted by atomic mass is 10.1. The van der Waals surface area contributed by atoms with Crippen molar-refractivity contribution < 1.29 is 13.2 Å². The van der Waals surface area contributed by atoms with Crippen molar-refractivity contribution in [3.05, 3.63) is 54.6 Å². The highest BCUT2D eigenvalue weighted by Gasteiger charge is 2.14. The van der Waals surface area contributed by atoms with Gasteiger partial charge in [0.05, 0.1) is 4.90 Å². The summed E-state index contributed by atoms with van der Waals surface area (Å²) < 4.78 is 27.2. The van der Waals surface area contributed by atoms with E-state index in [9.17, 15) is 13.2 Å². The van der Waals surface area contributed by atoms with E-state index in [0.29, 0.717) is 17.8 Å². The van der Waals surface area contributed by atoms with Crippen LogP contribution in [-0.2, 0) is 14.8 Å². The van der Waals surface area contributed by atoms with Gasteiger partial charge >= 0.3 is 0 Å². The number of amides is 1. The number of nitrogens with one attached hydrogen (secondary N) is 2. The minimum Gasteiger partial charge on any atom is -0.326 e. The molecule has 2 rings (SSSR count). The highest BCUT2D eigenvalue weighted by molar-refractivity contribution is 7.92. The predicted octanol–water partition coefficient (Wildman–Crippen LogP) is 4.40. The van der Waals surface area contributed by atoms with E-state index in [1.807, 2.05) is 6.07 Å². The molecule has 5 nitrogen and oxygen atoms in total. The molecule has 0 aliphatic carbocycles. The molecule has 0 aliphatic rings. The van der Waals surface area contributed by atoms with Gasteiger partial charge in [-0.25, -0.2) is 8.42 Å². The Labute approximate surface area is 149 Å². The van der Waals surface area contributed by atoms with Gasteiger partial charge in [-0.2, -0.15) is 0 Å². The van der Waals surface area contributed by atoms with Gasteiger partial charge in [-0.15, -0.1) is 0 Å². The van der Waals surface area contributed by atoms with Gasteiger partial charge in [-0.05, 0) is 42.8 Å². The van der Waals surface area contributed by atoms with Crippen molar-refractivity contribution in [1.29, 1.82) is 0 Å². The molecule has 0 radical (unpaired) electrons. The summed E-state index contributed by atoms with van der Waals surface area (Å²) in [5.74, 6) is -0.0471. The van der Waals surface area contributed by atoms with Crippen molar-refractivity contribution in [2.45, 2.75) is 43.9 Å². The van der Waals surface area contributed by atoms with Gasteiger partial charge < -0.3 is 5.32 Å². The summed E-state index contributed by atoms with van der Waals surface area (Å²) in [5, 5.41) is 2.79. The Morgan fingerprint density at radius 2 is 1.56 bits per heavy atom. The van der Waals surface area contributed by atoms with E-state index in [0.717, 1.165) is 25.7 Å². The molecule has 0 unspecified atom stereocenters. The molecule has 2 aromatic rings. The van der Waals surface area contributed by atoms with Gasteiger partial charge in [0.15, 0.2) is 0 Å². The molecule has 2 aromatic carbocycles. The molecule has 0 atom stereocenters. The molecular weight excluding hydrogens is 336 g/mol. The maximum atomic E-state index is 12.3. The van der Waals surface area contributed by atoms with Gasteiger partial charge in [0.1, 0.15) is 0 Å². The highest BCUT2D eigenvalue weighted by atomic mass is 32.2. The van der Waals surface area contributed by atoms with E-state index >= 15 is 0 Å². The van der Waals surface area contributed by atoms with Crippen LogP contribution in [0, 0.1) is 0 Å². The first kappa shape index (κ1) is 19.0. The number of carbonyl (C=O) groups is 1. The summed E-state index contributed by atoms with van der Waals surface area (Å²) in [6, 6.07) is 14.9. The molecule has 0 saturated heterocycles. The second kappa shape index (κ2) is 9.22. The van der Waals surface area contributed by atoms with Crippen LogP contribution in [0.15, 0.2) is 59.5 Å². The molecule has 0 fully saturated rings. The Morgan fingerprint density at radius 3 is 2.20 bits per heavy atom. The molecule has 25 heavy (non-hydrogen) atoms. The molecule has 2 N–H and O–H groups in total. The third kappa shape index (κ3) is 6.23. The molecule has 134 valence electrons. The summed E-state index contributed by atoms with van der Waals surface area (Å²) in [6.07, 6.45) is 4.66. The Balaban J connectivity index is 1.93. The van der Waals surface area contributed by atoms with E-state index in [1.54, 1.807) is 36.4 Å². The van der Waals surface area contributed by atoms with Crippen LogP contribution in [0.3, 0.4) is 0 Å². The first-order chi connectivity index (χ1) is 12.0. The van der Waals surface area contributed by atoms with Crippen LogP contribution in [-0.4, -0.2) is 14.3 Å². The molecule has 0 aromatic heterocycles. The minimum atomic E-state index is -3.64. The summed E-state index contributed by atoms with van der Waals surface area (Å²) in [4.78, 5) is 12.0. The van der Waals surface area contributed by atoms with Crippen molar-refractivity contribution in [2.24, 2.45) is 0 Å². The lowest BCUT2D eigenvalue weighted by Crippen LogP contribution is -2.14. The van der Waals surface area contributed by atoms with Gasteiger partial charge in [-0.3, -0.25) is 9.52 Å². The molecular formula is C19H24N2O3S. The van der Waals surface area contributed by atoms with Crippen LogP contribution in [0.2, 0.25) is 0 Å². The average Bonchev–Trinajstić information content (AvgIpc) is 2.60. The predicted molar refractivity (Wildman–Crippen MR) is 101 cm³/mol. The maximum Gasteiger partial charge on any atom is 0.261 e. The summed E-state index contributed by atoms with van der Waals surface area (Å²) in [7, 11) is -3.64. The Morgan fingerprint density at radius 1 is 0.880 bits per heavy atom. The lowest BCUT2D eigenvalue weighted by molar-refractivity contribution is -0.116. The molecule has 0 spiro atoms. The largest absolute Gasteiger partial charge is 0.326 e. The second-order valence-electron chi connectivity index (χ2n) is 5.85. The number of para-hydroxylation sites is 1. The molecule has 0 bridgehead atoms. The minimum absolute atomic E-state index is 0.0471. The molecule has 0 heterocycles. The van der Waals surface area contributed by atoms with Crippen molar-refractivity contribution in [3.63, 3.8) is 0 Å². The maximum absolute atomic E-state index is 12.3. The molecule has 6 heteroatoms. The van der Waals surface area contributed by atoms with Crippen molar-refractivity contribution in [2.75, 3.05) is 10.0 Å². The normalized spacial score (nSPS) is 11.1. The average molecular weight is 360 g/mol. The van der Waals surface area contributed by atoms with Crippen LogP contribution >= 0.6 is 0 Å². The van der Waals surface area contributed by atoms with Crippen LogP contribution in [0.5, 0.6) is 0 Å². The zero-order chi connectivity index (χ0) is 18.1. The third-order valence-corrected chi connectivity index (χ3v) is 5.13. The first-order valence-corrected chi connectivity index (χ1v) is 9.97. The fraction of sp³-hybridized carbons (Fsp3) is 0.316. The smallest absolute Gasteiger partial charge is 0.261 e. The Hall–Kier alpha value is -2.34. The van der Waals surface area contributed by atoms with E-state index in [-0.39, 0.29) is 10.8 Å². The van der Waals surface area contributed by atoms with Crippen molar-refractivity contribution >= 4 is 27.3 Å². The summed E-state index contributed by atoms with van der Waals surface area (Å²) in [5.41, 5.74) is 1.10. The number of sulfonamides is 1. The number of hydrogen-bond donors (Lipinski definition) is 2. The second-order valence-corrected chi connectivity index (χ2v) is 7.54. The Kier molecular flexibility index (Phi) is 7.01. The third-order valence-electron chi connectivity index (χ3n) is 3.73. The van der Waals surface area contributed by atoms with Crippen LogP contribution in [0.25, 0.3) is 0 Å². The fourth-order valence-corrected chi connectivity index (χ4v) is 3.43. The monoisotopic (exact) mass is 360 g/mol. The number of hydrogen-bond acceptors (Lipinski definition) is 3. The fourth-order valence-electron chi connectivity index (χ4n) is 2.37. The van der Waals surface area contributed by atoms with E-state index in [4.69, 9.17) is 0 Å².